The summed E-state index contributed by atoms with van der Waals surface area (Å²) in [4.78, 5) is 2.84. The minimum Gasteiger partial charge on any atom is -0.396 e. The molecule has 0 aliphatic carbocycles. The molecule has 13 heavy (non-hydrogen) atoms. The Balaban J connectivity index is 2.75. The predicted octanol–water partition coefficient (Wildman–Crippen LogP) is 0.899. The van der Waals surface area contributed by atoms with Crippen molar-refractivity contribution in [3.8, 4) is 0 Å². The highest BCUT2D eigenvalue weighted by atomic mass is 32.1. The fourth-order valence-electron chi connectivity index (χ4n) is 1.34. The van der Waals surface area contributed by atoms with Crippen LogP contribution in [0, 0.1) is 0 Å². The predicted molar refractivity (Wildman–Crippen MR) is 57.6 cm³/mol. The number of hydrogen-bond donors (Lipinski definition) is 1. The number of likely N-dealkylation sites (N-methyl/N-ethyl adjacent to an activating group) is 1. The van der Waals surface area contributed by atoms with Gasteiger partial charge in [0.2, 0.25) is 0 Å². The van der Waals surface area contributed by atoms with Gasteiger partial charge in [-0.05, 0) is 6.42 Å². The first-order chi connectivity index (χ1) is 6.16. The Kier molecular flexibility index (Phi) is 3.69. The van der Waals surface area contributed by atoms with Crippen molar-refractivity contribution in [2.45, 2.75) is 13.3 Å². The maximum atomic E-state index is 5.87. The van der Waals surface area contributed by atoms with Crippen LogP contribution in [0.25, 0.3) is 0 Å². The molecule has 0 amide bonds. The minimum atomic E-state index is 0.491. The van der Waals surface area contributed by atoms with Crippen LogP contribution in [0.1, 0.15) is 13.3 Å². The minimum absolute atomic E-state index is 0.491. The van der Waals surface area contributed by atoms with Crippen LogP contribution in [0.3, 0.4) is 0 Å². The molecule has 3 nitrogen and oxygen atoms in total. The number of nitrogens with two attached hydrogens (primary N) is 1. The standard InChI is InChI=1S/C9H16N2OS/c1-3-4-11(2)7-5-12-6-8(13)9(7)10/h3-6,10H2,1-2H3. The van der Waals surface area contributed by atoms with Gasteiger partial charge in [0, 0.05) is 13.6 Å². The Labute approximate surface area is 84.5 Å². The van der Waals surface area contributed by atoms with Crippen LogP contribution in [0.15, 0.2) is 11.4 Å². The first-order valence-electron chi connectivity index (χ1n) is 4.47. The van der Waals surface area contributed by atoms with Crippen LogP contribution < -0.4 is 5.73 Å². The lowest BCUT2D eigenvalue weighted by molar-refractivity contribution is 0.166. The second kappa shape index (κ2) is 4.58. The molecule has 0 aromatic heterocycles. The summed E-state index contributed by atoms with van der Waals surface area (Å²) < 4.78 is 5.31. The van der Waals surface area contributed by atoms with E-state index in [9.17, 15) is 0 Å². The van der Waals surface area contributed by atoms with Crippen molar-refractivity contribution in [3.05, 3.63) is 11.4 Å². The largest absolute Gasteiger partial charge is 0.396 e. The maximum absolute atomic E-state index is 5.87. The molecule has 1 heterocycles. The highest BCUT2D eigenvalue weighted by Gasteiger charge is 2.17. The SMILES string of the molecule is CCCN(C)C1=C(N)C(=S)COC1. The molecule has 0 spiro atoms. The molecule has 0 radical (unpaired) electrons. The third kappa shape index (κ3) is 2.42. The van der Waals surface area contributed by atoms with Crippen molar-refractivity contribution < 1.29 is 4.74 Å². The number of rotatable bonds is 3. The van der Waals surface area contributed by atoms with Crippen LogP contribution in [0.5, 0.6) is 0 Å². The van der Waals surface area contributed by atoms with E-state index in [4.69, 9.17) is 22.7 Å². The van der Waals surface area contributed by atoms with Gasteiger partial charge in [-0.2, -0.15) is 0 Å². The van der Waals surface area contributed by atoms with Gasteiger partial charge in [-0.15, -0.1) is 0 Å². The van der Waals surface area contributed by atoms with Gasteiger partial charge < -0.3 is 15.4 Å². The van der Waals surface area contributed by atoms with E-state index in [-0.39, 0.29) is 0 Å². The van der Waals surface area contributed by atoms with Crippen molar-refractivity contribution in [1.82, 2.24) is 4.90 Å². The third-order valence-electron chi connectivity index (χ3n) is 2.10. The summed E-state index contributed by atoms with van der Waals surface area (Å²) in [6, 6.07) is 0. The van der Waals surface area contributed by atoms with E-state index in [1.807, 2.05) is 7.05 Å². The Bertz CT molecular complexity index is 238. The molecule has 0 saturated heterocycles. The van der Waals surface area contributed by atoms with Crippen LogP contribution in [-0.4, -0.2) is 36.6 Å². The van der Waals surface area contributed by atoms with Crippen molar-refractivity contribution in [2.75, 3.05) is 26.8 Å². The zero-order valence-electron chi connectivity index (χ0n) is 8.17. The summed E-state index contributed by atoms with van der Waals surface area (Å²) >= 11 is 5.07. The Morgan fingerprint density at radius 2 is 2.23 bits per heavy atom. The summed E-state index contributed by atoms with van der Waals surface area (Å²) in [6.07, 6.45) is 1.10. The van der Waals surface area contributed by atoms with E-state index in [1.165, 1.54) is 0 Å². The Hall–Kier alpha value is -0.610. The second-order valence-electron chi connectivity index (χ2n) is 3.20. The van der Waals surface area contributed by atoms with Gasteiger partial charge in [0.25, 0.3) is 0 Å². The van der Waals surface area contributed by atoms with Crippen molar-refractivity contribution in [1.29, 1.82) is 0 Å². The van der Waals surface area contributed by atoms with Crippen LogP contribution >= 0.6 is 12.2 Å². The monoisotopic (exact) mass is 200 g/mol. The van der Waals surface area contributed by atoms with Crippen LogP contribution in [0.4, 0.5) is 0 Å². The van der Waals surface area contributed by atoms with E-state index in [0.29, 0.717) is 13.2 Å². The molecule has 0 unspecified atom stereocenters. The number of thiocarbonyl (C=S) groups is 1. The lowest BCUT2D eigenvalue weighted by atomic mass is 10.2. The molecule has 0 bridgehead atoms. The fraction of sp³-hybridized carbons (Fsp3) is 0.667. The molecular weight excluding hydrogens is 184 g/mol. The van der Waals surface area contributed by atoms with E-state index >= 15 is 0 Å². The number of ether oxygens (including phenoxy) is 1. The van der Waals surface area contributed by atoms with Crippen LogP contribution in [-0.2, 0) is 4.74 Å². The summed E-state index contributed by atoms with van der Waals surface area (Å²) in [5.41, 5.74) is 7.63. The molecule has 0 aromatic carbocycles. The Morgan fingerprint density at radius 3 is 2.85 bits per heavy atom. The molecule has 0 aromatic rings. The lowest BCUT2D eigenvalue weighted by Gasteiger charge is -2.27. The van der Waals surface area contributed by atoms with Gasteiger partial charge >= 0.3 is 0 Å². The van der Waals surface area contributed by atoms with E-state index in [1.54, 1.807) is 0 Å². The summed E-state index contributed by atoms with van der Waals surface area (Å²) in [6.45, 7) is 4.20. The van der Waals surface area contributed by atoms with Crippen molar-refractivity contribution >= 4 is 17.1 Å². The number of nitrogens with zero attached hydrogens (tertiary/aromatic N) is 1. The molecule has 1 aliphatic rings. The maximum Gasteiger partial charge on any atom is 0.0890 e. The van der Waals surface area contributed by atoms with E-state index in [2.05, 4.69) is 11.8 Å². The van der Waals surface area contributed by atoms with Crippen LogP contribution in [0.2, 0.25) is 0 Å². The third-order valence-corrected chi connectivity index (χ3v) is 2.44. The molecule has 74 valence electrons. The van der Waals surface area contributed by atoms with Crippen molar-refractivity contribution in [3.63, 3.8) is 0 Å². The zero-order chi connectivity index (χ0) is 9.84. The fourth-order valence-corrected chi connectivity index (χ4v) is 1.54. The lowest BCUT2D eigenvalue weighted by Crippen LogP contribution is -2.33. The topological polar surface area (TPSA) is 38.5 Å². The highest BCUT2D eigenvalue weighted by molar-refractivity contribution is 7.80. The van der Waals surface area contributed by atoms with Gasteiger partial charge in [-0.1, -0.05) is 19.1 Å². The van der Waals surface area contributed by atoms with E-state index < -0.39 is 0 Å². The van der Waals surface area contributed by atoms with Gasteiger partial charge in [0.15, 0.2) is 0 Å². The molecular formula is C9H16N2OS. The second-order valence-corrected chi connectivity index (χ2v) is 3.69. The van der Waals surface area contributed by atoms with Crippen molar-refractivity contribution in [2.24, 2.45) is 5.73 Å². The van der Waals surface area contributed by atoms with Gasteiger partial charge in [-0.25, -0.2) is 0 Å². The first-order valence-corrected chi connectivity index (χ1v) is 4.88. The smallest absolute Gasteiger partial charge is 0.0890 e. The number of hydrogen-bond acceptors (Lipinski definition) is 4. The quantitative estimate of drug-likeness (QED) is 0.687. The normalized spacial score (nSPS) is 17.8. The zero-order valence-corrected chi connectivity index (χ0v) is 8.99. The summed E-state index contributed by atoms with van der Waals surface area (Å²) in [7, 11) is 2.02. The molecule has 0 atom stereocenters. The average molecular weight is 200 g/mol. The van der Waals surface area contributed by atoms with Gasteiger partial charge in [0.05, 0.1) is 29.5 Å². The van der Waals surface area contributed by atoms with Gasteiger partial charge in [0.1, 0.15) is 0 Å². The highest BCUT2D eigenvalue weighted by Crippen LogP contribution is 2.13. The molecule has 0 fully saturated rings. The van der Waals surface area contributed by atoms with Gasteiger partial charge in [-0.3, -0.25) is 0 Å². The Morgan fingerprint density at radius 1 is 1.54 bits per heavy atom. The average Bonchev–Trinajstić information content (AvgIpc) is 2.10. The summed E-state index contributed by atoms with van der Waals surface area (Å²) in [5, 5.41) is 0. The molecule has 2 N–H and O–H groups in total. The molecule has 4 heteroatoms. The molecule has 1 aliphatic heterocycles. The first kappa shape index (κ1) is 10.5. The summed E-state index contributed by atoms with van der Waals surface area (Å²) in [5.74, 6) is 0. The van der Waals surface area contributed by atoms with E-state index in [0.717, 1.165) is 29.2 Å². The molecule has 1 rings (SSSR count). The molecule has 0 saturated carbocycles.